The van der Waals surface area contributed by atoms with Crippen molar-refractivity contribution in [1.82, 2.24) is 0 Å². The van der Waals surface area contributed by atoms with Gasteiger partial charge in [-0.1, -0.05) is 12.8 Å². The van der Waals surface area contributed by atoms with Crippen molar-refractivity contribution < 1.29 is 4.74 Å². The van der Waals surface area contributed by atoms with Crippen LogP contribution in [-0.4, -0.2) is 12.2 Å². The van der Waals surface area contributed by atoms with Gasteiger partial charge in [-0.25, -0.2) is 0 Å². The maximum absolute atomic E-state index is 8.64. The van der Waals surface area contributed by atoms with Crippen molar-refractivity contribution in [3.8, 4) is 6.07 Å². The van der Waals surface area contributed by atoms with Crippen molar-refractivity contribution in [3.63, 3.8) is 0 Å². The van der Waals surface area contributed by atoms with E-state index in [9.17, 15) is 0 Å². The van der Waals surface area contributed by atoms with Gasteiger partial charge >= 0.3 is 0 Å². The lowest BCUT2D eigenvalue weighted by atomic mass is 9.92. The van der Waals surface area contributed by atoms with E-state index < -0.39 is 0 Å². The predicted molar refractivity (Wildman–Crippen MR) is 54.7 cm³/mol. The van der Waals surface area contributed by atoms with Gasteiger partial charge in [-0.3, -0.25) is 0 Å². The van der Waals surface area contributed by atoms with E-state index in [-0.39, 0.29) is 6.10 Å². The van der Waals surface area contributed by atoms with Gasteiger partial charge in [0.25, 0.3) is 0 Å². The average Bonchev–Trinajstić information content (AvgIpc) is 2.71. The highest BCUT2D eigenvalue weighted by atomic mass is 16.5. The first-order valence-corrected chi connectivity index (χ1v) is 5.92. The highest BCUT2D eigenvalue weighted by Gasteiger charge is 2.30. The van der Waals surface area contributed by atoms with Gasteiger partial charge in [-0.05, 0) is 38.0 Å². The zero-order valence-electron chi connectivity index (χ0n) is 8.74. The predicted octanol–water partition coefficient (Wildman–Crippen LogP) is 3.03. The summed E-state index contributed by atoms with van der Waals surface area (Å²) in [6.07, 6.45) is 10.3. The molecular formula is C12H19NO. The first-order valence-electron chi connectivity index (χ1n) is 5.92. The van der Waals surface area contributed by atoms with Crippen molar-refractivity contribution in [2.24, 2.45) is 5.92 Å². The van der Waals surface area contributed by atoms with Gasteiger partial charge in [0.15, 0.2) is 0 Å². The van der Waals surface area contributed by atoms with E-state index >= 15 is 0 Å². The molecule has 1 saturated heterocycles. The monoisotopic (exact) mass is 193 g/mol. The van der Waals surface area contributed by atoms with Crippen LogP contribution >= 0.6 is 0 Å². The second-order valence-corrected chi connectivity index (χ2v) is 4.63. The Balaban J connectivity index is 1.84. The molecule has 0 bridgehead atoms. The zero-order chi connectivity index (χ0) is 9.80. The summed E-state index contributed by atoms with van der Waals surface area (Å²) >= 11 is 0. The Morgan fingerprint density at radius 3 is 2.57 bits per heavy atom. The van der Waals surface area contributed by atoms with E-state index in [4.69, 9.17) is 10.00 Å². The molecule has 0 amide bonds. The number of hydrogen-bond donors (Lipinski definition) is 0. The summed E-state index contributed by atoms with van der Waals surface area (Å²) in [5, 5.41) is 8.64. The summed E-state index contributed by atoms with van der Waals surface area (Å²) in [7, 11) is 0. The van der Waals surface area contributed by atoms with E-state index in [0.717, 1.165) is 12.3 Å². The Labute approximate surface area is 86.2 Å². The molecule has 2 rings (SSSR count). The maximum atomic E-state index is 8.64. The number of nitrogens with zero attached hydrogens (tertiary/aromatic N) is 1. The topological polar surface area (TPSA) is 33.0 Å². The highest BCUT2D eigenvalue weighted by molar-refractivity contribution is 4.84. The molecule has 78 valence electrons. The molecule has 1 aliphatic carbocycles. The molecule has 2 heteroatoms. The third-order valence-electron chi connectivity index (χ3n) is 3.63. The van der Waals surface area contributed by atoms with Crippen molar-refractivity contribution in [2.75, 3.05) is 0 Å². The Hall–Kier alpha value is -0.550. The lowest BCUT2D eigenvalue weighted by Crippen LogP contribution is -2.32. The van der Waals surface area contributed by atoms with Crippen molar-refractivity contribution in [3.05, 3.63) is 0 Å². The molecule has 2 aliphatic rings. The standard InChI is InChI=1S/C12H19NO/c13-9-8-11-6-3-7-12(14-11)10-4-1-2-5-10/h10-12H,1-8H2. The van der Waals surface area contributed by atoms with E-state index in [0.29, 0.717) is 12.5 Å². The molecule has 2 atom stereocenters. The molecule has 1 aliphatic heterocycles. The minimum absolute atomic E-state index is 0.236. The molecule has 2 unspecified atom stereocenters. The van der Waals surface area contributed by atoms with E-state index in [1.807, 2.05) is 0 Å². The summed E-state index contributed by atoms with van der Waals surface area (Å²) in [6.45, 7) is 0. The van der Waals surface area contributed by atoms with E-state index in [1.54, 1.807) is 0 Å². The molecule has 2 fully saturated rings. The lowest BCUT2D eigenvalue weighted by molar-refractivity contribution is -0.0734. The molecule has 1 heterocycles. The van der Waals surface area contributed by atoms with Crippen molar-refractivity contribution >= 4 is 0 Å². The summed E-state index contributed by atoms with van der Waals surface area (Å²) < 4.78 is 5.99. The van der Waals surface area contributed by atoms with Gasteiger partial charge in [-0.15, -0.1) is 0 Å². The van der Waals surface area contributed by atoms with Crippen LogP contribution < -0.4 is 0 Å². The molecule has 0 radical (unpaired) electrons. The van der Waals surface area contributed by atoms with Crippen LogP contribution in [-0.2, 0) is 4.74 Å². The molecule has 14 heavy (non-hydrogen) atoms. The largest absolute Gasteiger partial charge is 0.374 e. The quantitative estimate of drug-likeness (QED) is 0.675. The second kappa shape index (κ2) is 4.79. The number of ether oxygens (including phenoxy) is 1. The van der Waals surface area contributed by atoms with Crippen LogP contribution in [0.15, 0.2) is 0 Å². The smallest absolute Gasteiger partial charge is 0.0708 e. The Morgan fingerprint density at radius 1 is 1.07 bits per heavy atom. The minimum Gasteiger partial charge on any atom is -0.374 e. The third kappa shape index (κ3) is 2.27. The summed E-state index contributed by atoms with van der Waals surface area (Å²) in [4.78, 5) is 0. The molecule has 2 nitrogen and oxygen atoms in total. The molecule has 0 spiro atoms. The Kier molecular flexibility index (Phi) is 3.42. The van der Waals surface area contributed by atoms with Gasteiger partial charge in [0, 0.05) is 0 Å². The third-order valence-corrected chi connectivity index (χ3v) is 3.63. The van der Waals surface area contributed by atoms with Gasteiger partial charge < -0.3 is 4.74 Å². The fourth-order valence-corrected chi connectivity index (χ4v) is 2.86. The SMILES string of the molecule is N#CCC1CCCC(C2CCCC2)O1. The van der Waals surface area contributed by atoms with E-state index in [1.165, 1.54) is 38.5 Å². The van der Waals surface area contributed by atoms with Crippen LogP contribution in [0.25, 0.3) is 0 Å². The minimum atomic E-state index is 0.236. The molecule has 0 aromatic rings. The Morgan fingerprint density at radius 2 is 1.86 bits per heavy atom. The fraction of sp³-hybridized carbons (Fsp3) is 0.917. The van der Waals surface area contributed by atoms with Crippen LogP contribution in [0.1, 0.15) is 51.4 Å². The van der Waals surface area contributed by atoms with Gasteiger partial charge in [-0.2, -0.15) is 5.26 Å². The summed E-state index contributed by atoms with van der Waals surface area (Å²) in [5.74, 6) is 0.802. The van der Waals surface area contributed by atoms with Crippen molar-refractivity contribution in [1.29, 1.82) is 5.26 Å². The van der Waals surface area contributed by atoms with Crippen LogP contribution in [0.4, 0.5) is 0 Å². The summed E-state index contributed by atoms with van der Waals surface area (Å²) in [6, 6.07) is 2.22. The fourth-order valence-electron chi connectivity index (χ4n) is 2.86. The first kappa shape index (κ1) is 9.98. The number of rotatable bonds is 2. The molecule has 0 N–H and O–H groups in total. The maximum Gasteiger partial charge on any atom is 0.0708 e. The molecule has 0 aromatic carbocycles. The van der Waals surface area contributed by atoms with Gasteiger partial charge in [0.1, 0.15) is 0 Å². The molecule has 0 aromatic heterocycles. The lowest BCUT2D eigenvalue weighted by Gasteiger charge is -2.32. The van der Waals surface area contributed by atoms with Crippen LogP contribution in [0, 0.1) is 17.2 Å². The van der Waals surface area contributed by atoms with Crippen LogP contribution in [0.5, 0.6) is 0 Å². The molecule has 1 saturated carbocycles. The zero-order valence-corrected chi connectivity index (χ0v) is 8.74. The van der Waals surface area contributed by atoms with Crippen LogP contribution in [0.2, 0.25) is 0 Å². The first-order chi connectivity index (χ1) is 6.90. The normalized spacial score (nSPS) is 34.2. The Bertz CT molecular complexity index is 215. The van der Waals surface area contributed by atoms with Gasteiger partial charge in [0.05, 0.1) is 24.7 Å². The average molecular weight is 193 g/mol. The van der Waals surface area contributed by atoms with Crippen LogP contribution in [0.3, 0.4) is 0 Å². The summed E-state index contributed by atoms with van der Waals surface area (Å²) in [5.41, 5.74) is 0. The van der Waals surface area contributed by atoms with Crippen molar-refractivity contribution in [2.45, 2.75) is 63.6 Å². The second-order valence-electron chi connectivity index (χ2n) is 4.63. The van der Waals surface area contributed by atoms with Gasteiger partial charge in [0.2, 0.25) is 0 Å². The molecular weight excluding hydrogens is 174 g/mol. The highest BCUT2D eigenvalue weighted by Crippen LogP contribution is 2.35. The van der Waals surface area contributed by atoms with E-state index in [2.05, 4.69) is 6.07 Å². The number of nitriles is 1. The number of hydrogen-bond acceptors (Lipinski definition) is 2.